The van der Waals surface area contributed by atoms with E-state index in [0.717, 1.165) is 25.5 Å². The molecule has 0 radical (unpaired) electrons. The van der Waals surface area contributed by atoms with Gasteiger partial charge in [0.25, 0.3) is 0 Å². The number of unbranched alkanes of at least 4 members (excludes halogenated alkanes) is 3. The van der Waals surface area contributed by atoms with Gasteiger partial charge >= 0.3 is 0 Å². The first-order chi connectivity index (χ1) is 5.91. The Morgan fingerprint density at radius 1 is 0.917 bits per heavy atom. The van der Waals surface area contributed by atoms with E-state index in [9.17, 15) is 4.79 Å². The first-order valence-corrected chi connectivity index (χ1v) is 4.61. The minimum atomic E-state index is 0.658. The van der Waals surface area contributed by atoms with Crippen molar-refractivity contribution < 1.29 is 4.79 Å². The molecule has 12 heavy (non-hydrogen) atoms. The fourth-order valence-electron chi connectivity index (χ4n) is 0.920. The number of allylic oxidation sites excluding steroid dienone is 4. The fourth-order valence-corrected chi connectivity index (χ4v) is 0.920. The van der Waals surface area contributed by atoms with Gasteiger partial charge in [-0.2, -0.15) is 0 Å². The van der Waals surface area contributed by atoms with Gasteiger partial charge in [0.05, 0.1) is 0 Å². The zero-order valence-corrected chi connectivity index (χ0v) is 7.83. The van der Waals surface area contributed by atoms with Crippen LogP contribution in [0.1, 0.15) is 39.0 Å². The number of carbonyl (C=O) groups excluding carboxylic acids is 1. The molecule has 0 bridgehead atoms. The number of rotatable bonds is 7. The summed E-state index contributed by atoms with van der Waals surface area (Å²) in [5, 5.41) is 0. The second kappa shape index (κ2) is 10.2. The van der Waals surface area contributed by atoms with Crippen molar-refractivity contribution in [3.63, 3.8) is 0 Å². The van der Waals surface area contributed by atoms with Crippen molar-refractivity contribution in [2.24, 2.45) is 0 Å². The smallest absolute Gasteiger partial charge is 0.120 e. The summed E-state index contributed by atoms with van der Waals surface area (Å²) in [6.07, 6.45) is 14.5. The molecule has 0 amide bonds. The highest BCUT2D eigenvalue weighted by molar-refractivity contribution is 5.49. The molecule has 0 saturated heterocycles. The molecule has 0 aliphatic carbocycles. The maximum absolute atomic E-state index is 9.94. The molecule has 0 aromatic carbocycles. The van der Waals surface area contributed by atoms with Crippen molar-refractivity contribution >= 4 is 6.29 Å². The van der Waals surface area contributed by atoms with Crippen LogP contribution in [-0.2, 0) is 4.79 Å². The number of hydrogen-bond acceptors (Lipinski definition) is 1. The van der Waals surface area contributed by atoms with E-state index in [-0.39, 0.29) is 0 Å². The van der Waals surface area contributed by atoms with Crippen LogP contribution in [0.25, 0.3) is 0 Å². The second-order valence-corrected chi connectivity index (χ2v) is 2.72. The van der Waals surface area contributed by atoms with E-state index in [4.69, 9.17) is 0 Å². The van der Waals surface area contributed by atoms with Gasteiger partial charge in [0.2, 0.25) is 0 Å². The summed E-state index contributed by atoms with van der Waals surface area (Å²) < 4.78 is 0. The standard InChI is InChI=1S/C11H18O/c1-2-3-4-5-6-7-8-9-10-11-12/h2-3,7-8,11H,4-6,9-10H2,1H3/b3-2-,8-7-. The molecule has 0 N–H and O–H groups in total. The summed E-state index contributed by atoms with van der Waals surface area (Å²) in [7, 11) is 0. The van der Waals surface area contributed by atoms with Crippen molar-refractivity contribution in [1.29, 1.82) is 0 Å². The Labute approximate surface area is 75.2 Å². The van der Waals surface area contributed by atoms with Gasteiger partial charge in [-0.3, -0.25) is 0 Å². The molecule has 0 rings (SSSR count). The number of hydrogen-bond donors (Lipinski definition) is 0. The minimum absolute atomic E-state index is 0.658. The van der Waals surface area contributed by atoms with Crippen LogP contribution in [0, 0.1) is 0 Å². The van der Waals surface area contributed by atoms with E-state index >= 15 is 0 Å². The van der Waals surface area contributed by atoms with Crippen LogP contribution in [0.5, 0.6) is 0 Å². The van der Waals surface area contributed by atoms with Crippen LogP contribution in [0.15, 0.2) is 24.3 Å². The molecule has 1 heteroatoms. The molecular weight excluding hydrogens is 148 g/mol. The molecule has 0 heterocycles. The SMILES string of the molecule is C/C=C\CCC/C=C\CCC=O. The third kappa shape index (κ3) is 9.15. The van der Waals surface area contributed by atoms with Crippen LogP contribution in [0.2, 0.25) is 0 Å². The highest BCUT2D eigenvalue weighted by Crippen LogP contribution is 1.98. The van der Waals surface area contributed by atoms with Gasteiger partial charge in [-0.05, 0) is 32.6 Å². The lowest BCUT2D eigenvalue weighted by Gasteiger charge is -1.89. The molecule has 0 aromatic rings. The van der Waals surface area contributed by atoms with Gasteiger partial charge in [0.15, 0.2) is 0 Å². The molecule has 0 aliphatic rings. The summed E-state index contributed by atoms with van der Waals surface area (Å²) in [4.78, 5) is 9.94. The van der Waals surface area contributed by atoms with E-state index in [1.807, 2.05) is 6.92 Å². The van der Waals surface area contributed by atoms with Crippen molar-refractivity contribution in [2.45, 2.75) is 39.0 Å². The van der Waals surface area contributed by atoms with Crippen LogP contribution >= 0.6 is 0 Å². The first kappa shape index (κ1) is 11.2. The van der Waals surface area contributed by atoms with Crippen molar-refractivity contribution in [2.75, 3.05) is 0 Å². The van der Waals surface area contributed by atoms with Crippen molar-refractivity contribution in [1.82, 2.24) is 0 Å². The van der Waals surface area contributed by atoms with Gasteiger partial charge in [0.1, 0.15) is 6.29 Å². The largest absolute Gasteiger partial charge is 0.303 e. The Morgan fingerprint density at radius 3 is 2.25 bits per heavy atom. The Hall–Kier alpha value is -0.850. The molecule has 0 aromatic heterocycles. The van der Waals surface area contributed by atoms with Gasteiger partial charge in [0, 0.05) is 6.42 Å². The lowest BCUT2D eigenvalue weighted by atomic mass is 10.2. The predicted molar refractivity (Wildman–Crippen MR) is 53.1 cm³/mol. The molecule has 0 atom stereocenters. The molecule has 0 fully saturated rings. The maximum atomic E-state index is 9.94. The van der Waals surface area contributed by atoms with Crippen molar-refractivity contribution in [3.05, 3.63) is 24.3 Å². The molecule has 0 aliphatic heterocycles. The third-order valence-electron chi connectivity index (χ3n) is 1.60. The maximum Gasteiger partial charge on any atom is 0.120 e. The lowest BCUT2D eigenvalue weighted by Crippen LogP contribution is -1.72. The monoisotopic (exact) mass is 166 g/mol. The molecule has 0 saturated carbocycles. The van der Waals surface area contributed by atoms with Crippen molar-refractivity contribution in [3.8, 4) is 0 Å². The highest BCUT2D eigenvalue weighted by Gasteiger charge is 1.80. The molecule has 0 spiro atoms. The van der Waals surface area contributed by atoms with Crippen LogP contribution < -0.4 is 0 Å². The quantitative estimate of drug-likeness (QED) is 0.322. The summed E-state index contributed by atoms with van der Waals surface area (Å²) in [6, 6.07) is 0. The summed E-state index contributed by atoms with van der Waals surface area (Å²) >= 11 is 0. The topological polar surface area (TPSA) is 17.1 Å². The molecular formula is C11H18O. The van der Waals surface area contributed by atoms with E-state index in [2.05, 4.69) is 24.3 Å². The number of aldehydes is 1. The summed E-state index contributed by atoms with van der Waals surface area (Å²) in [5.41, 5.74) is 0. The predicted octanol–water partition coefficient (Wildman–Crippen LogP) is 3.27. The summed E-state index contributed by atoms with van der Waals surface area (Å²) in [5.74, 6) is 0. The normalized spacial score (nSPS) is 11.4. The minimum Gasteiger partial charge on any atom is -0.303 e. The third-order valence-corrected chi connectivity index (χ3v) is 1.60. The van der Waals surface area contributed by atoms with Gasteiger partial charge in [-0.25, -0.2) is 0 Å². The zero-order valence-electron chi connectivity index (χ0n) is 7.83. The highest BCUT2D eigenvalue weighted by atomic mass is 16.1. The Morgan fingerprint density at radius 2 is 1.58 bits per heavy atom. The van der Waals surface area contributed by atoms with Gasteiger partial charge in [-0.1, -0.05) is 24.3 Å². The van der Waals surface area contributed by atoms with Crippen LogP contribution in [-0.4, -0.2) is 6.29 Å². The summed E-state index contributed by atoms with van der Waals surface area (Å²) in [6.45, 7) is 2.04. The van der Waals surface area contributed by atoms with E-state index in [1.165, 1.54) is 6.42 Å². The van der Waals surface area contributed by atoms with Crippen LogP contribution in [0.3, 0.4) is 0 Å². The average molecular weight is 166 g/mol. The zero-order chi connectivity index (χ0) is 9.07. The van der Waals surface area contributed by atoms with E-state index < -0.39 is 0 Å². The Bertz CT molecular complexity index is 145. The molecule has 1 nitrogen and oxygen atoms in total. The van der Waals surface area contributed by atoms with Gasteiger partial charge in [-0.15, -0.1) is 0 Å². The fraction of sp³-hybridized carbons (Fsp3) is 0.545. The van der Waals surface area contributed by atoms with Gasteiger partial charge < -0.3 is 4.79 Å². The van der Waals surface area contributed by atoms with E-state index in [0.29, 0.717) is 6.42 Å². The number of carbonyl (C=O) groups is 1. The second-order valence-electron chi connectivity index (χ2n) is 2.72. The average Bonchev–Trinajstić information content (AvgIpc) is 2.10. The van der Waals surface area contributed by atoms with E-state index in [1.54, 1.807) is 0 Å². The lowest BCUT2D eigenvalue weighted by molar-refractivity contribution is -0.107. The Kier molecular flexibility index (Phi) is 9.43. The Balaban J connectivity index is 3.07. The molecule has 0 unspecified atom stereocenters. The van der Waals surface area contributed by atoms with Crippen LogP contribution in [0.4, 0.5) is 0 Å². The first-order valence-electron chi connectivity index (χ1n) is 4.61. The molecule has 68 valence electrons.